The molecule has 0 spiro atoms. The van der Waals surface area contributed by atoms with Crippen LogP contribution in [0.15, 0.2) is 154 Å². The highest BCUT2D eigenvalue weighted by molar-refractivity contribution is 8.01. The van der Waals surface area contributed by atoms with Gasteiger partial charge in [-0.05, 0) is 166 Å². The number of aliphatic hydroxyl groups excluding tert-OH is 1. The van der Waals surface area contributed by atoms with E-state index in [1.165, 1.54) is 84.8 Å². The molecule has 0 aliphatic heterocycles. The Morgan fingerprint density at radius 1 is 0.881 bits per heavy atom. The minimum atomic E-state index is 0.445. The predicted molar refractivity (Wildman–Crippen MR) is 258 cm³/mol. The average molecular weight is 838 g/mol. The number of hydrogen-bond acceptors (Lipinski definition) is 8. The van der Waals surface area contributed by atoms with E-state index in [2.05, 4.69) is 84.4 Å². The topological polar surface area (TPSA) is 95.7 Å². The SMILES string of the molecule is C=C=CC1=CC=C(CCC2=CC=C(C(=C)C3=C(SNC)CCCC3)CC2)CC1.C=CN.CC.CCC(CC)N(Cc1cccc(C=O)c1)Sc1ccc(C=O)cc1.CO. The zero-order valence-corrected chi connectivity index (χ0v) is 38.4. The number of hydrogen-bond donors (Lipinski definition) is 3. The Morgan fingerprint density at radius 2 is 1.49 bits per heavy atom. The number of nitrogens with zero attached hydrogens (tertiary/aromatic N) is 1. The fourth-order valence-corrected chi connectivity index (χ4v) is 8.89. The van der Waals surface area contributed by atoms with Crippen LogP contribution in [-0.2, 0) is 6.54 Å². The van der Waals surface area contributed by atoms with Gasteiger partial charge in [0.1, 0.15) is 12.6 Å². The molecule has 0 aromatic heterocycles. The fourth-order valence-electron chi connectivity index (χ4n) is 6.86. The van der Waals surface area contributed by atoms with E-state index in [4.69, 9.17) is 5.11 Å². The van der Waals surface area contributed by atoms with Crippen molar-refractivity contribution in [2.24, 2.45) is 5.73 Å². The normalized spacial score (nSPS) is 14.3. The van der Waals surface area contributed by atoms with Gasteiger partial charge in [0.2, 0.25) is 0 Å². The van der Waals surface area contributed by atoms with Gasteiger partial charge in [-0.1, -0.05) is 113 Å². The van der Waals surface area contributed by atoms with Gasteiger partial charge < -0.3 is 10.8 Å². The highest BCUT2D eigenvalue weighted by atomic mass is 32.2. The summed E-state index contributed by atoms with van der Waals surface area (Å²) in [6.07, 6.45) is 28.3. The summed E-state index contributed by atoms with van der Waals surface area (Å²) < 4.78 is 5.62. The Labute approximate surface area is 366 Å². The van der Waals surface area contributed by atoms with Crippen LogP contribution in [0, 0.1) is 0 Å². The van der Waals surface area contributed by atoms with Crippen LogP contribution >= 0.6 is 23.9 Å². The first-order valence-electron chi connectivity index (χ1n) is 21.0. The maximum absolute atomic E-state index is 11.0. The molecule has 0 bridgehead atoms. The summed E-state index contributed by atoms with van der Waals surface area (Å²) >= 11 is 3.49. The van der Waals surface area contributed by atoms with Crippen LogP contribution in [0.25, 0.3) is 0 Å². The molecule has 0 unspecified atom stereocenters. The number of aliphatic hydroxyl groups is 1. The molecule has 6 nitrogen and oxygen atoms in total. The molecule has 2 aromatic rings. The molecule has 3 aliphatic carbocycles. The molecular formula is C51H71N3O3S2. The first-order valence-corrected chi connectivity index (χ1v) is 22.6. The van der Waals surface area contributed by atoms with Crippen LogP contribution in [0.1, 0.15) is 131 Å². The maximum atomic E-state index is 11.0. The molecule has 0 fully saturated rings. The van der Waals surface area contributed by atoms with Gasteiger partial charge in [-0.3, -0.25) is 14.3 Å². The van der Waals surface area contributed by atoms with Gasteiger partial charge in [-0.15, -0.1) is 5.73 Å². The summed E-state index contributed by atoms with van der Waals surface area (Å²) in [4.78, 5) is 24.4. The van der Waals surface area contributed by atoms with E-state index in [9.17, 15) is 9.59 Å². The Morgan fingerprint density at radius 3 is 2.02 bits per heavy atom. The van der Waals surface area contributed by atoms with Crippen LogP contribution in [0.3, 0.4) is 0 Å². The number of aldehydes is 2. The van der Waals surface area contributed by atoms with E-state index >= 15 is 0 Å². The van der Waals surface area contributed by atoms with Crippen LogP contribution in [-0.4, -0.2) is 42.2 Å². The molecular weight excluding hydrogens is 767 g/mol. The number of nitrogens with two attached hydrogens (primary N) is 1. The molecule has 5 rings (SSSR count). The van der Waals surface area contributed by atoms with Gasteiger partial charge in [0, 0.05) is 40.6 Å². The second-order valence-electron chi connectivity index (χ2n) is 13.7. The van der Waals surface area contributed by atoms with E-state index < -0.39 is 0 Å². The lowest BCUT2D eigenvalue weighted by molar-refractivity contribution is 0.111. The largest absolute Gasteiger partial charge is 0.405 e. The van der Waals surface area contributed by atoms with Crippen molar-refractivity contribution in [1.29, 1.82) is 0 Å². The number of carbonyl (C=O) groups is 2. The molecule has 2 aromatic carbocycles. The standard InChI is InChI=1S/C26H33NS.C20H23NO2S.C2H5N.C2H6.CH4O/c1-4-7-21-10-12-22(13-11-21)14-15-23-16-18-24(19-17-23)20(2)25-8-5-6-9-26(25)28-27-3;1-3-19(4-2)21(13-17-6-5-7-18(12-17)15-23)24-20-10-8-16(14-22)9-11-20;1-2-3;2*1-2/h7,10,12,16,18,27H,1-2,5-6,8-9,11,13-15,17,19H2,3H3;5-12,14-15,19H,3-4,13H2,1-2H3;2H,1,3H2;1-2H3;2H,1H3. The molecule has 320 valence electrons. The molecule has 0 atom stereocenters. The van der Waals surface area contributed by atoms with Crippen LogP contribution in [0.4, 0.5) is 0 Å². The summed E-state index contributed by atoms with van der Waals surface area (Å²) in [5.41, 5.74) is 18.7. The summed E-state index contributed by atoms with van der Waals surface area (Å²) in [5.74, 6) is 0. The zero-order valence-electron chi connectivity index (χ0n) is 36.7. The second kappa shape index (κ2) is 32.7. The van der Waals surface area contributed by atoms with Crippen molar-refractivity contribution >= 4 is 36.5 Å². The average Bonchev–Trinajstić information content (AvgIpc) is 3.29. The second-order valence-corrected chi connectivity index (χ2v) is 16.0. The molecule has 0 amide bonds. The smallest absolute Gasteiger partial charge is 0.150 e. The van der Waals surface area contributed by atoms with Crippen molar-refractivity contribution in [2.75, 3.05) is 14.2 Å². The van der Waals surface area contributed by atoms with Crippen molar-refractivity contribution in [2.45, 2.75) is 122 Å². The third kappa shape index (κ3) is 19.6. The lowest BCUT2D eigenvalue weighted by Crippen LogP contribution is -2.27. The Bertz CT molecular complexity index is 1790. The third-order valence-electron chi connectivity index (χ3n) is 9.97. The fraction of sp³-hybridized carbons (Fsp3) is 0.392. The first kappa shape index (κ1) is 52.9. The lowest BCUT2D eigenvalue weighted by atomic mass is 9.84. The van der Waals surface area contributed by atoms with Crippen molar-refractivity contribution in [1.82, 2.24) is 9.03 Å². The summed E-state index contributed by atoms with van der Waals surface area (Å²) in [6.45, 7) is 20.4. The molecule has 3 aliphatic rings. The van der Waals surface area contributed by atoms with Crippen LogP contribution < -0.4 is 10.5 Å². The maximum Gasteiger partial charge on any atom is 0.150 e. The Balaban J connectivity index is 0.000000517. The molecule has 0 saturated heterocycles. The van der Waals surface area contributed by atoms with Crippen molar-refractivity contribution in [3.05, 3.63) is 166 Å². The van der Waals surface area contributed by atoms with E-state index in [1.54, 1.807) is 35.0 Å². The zero-order chi connectivity index (χ0) is 43.8. The molecule has 0 radical (unpaired) electrons. The highest BCUT2D eigenvalue weighted by Crippen LogP contribution is 2.39. The van der Waals surface area contributed by atoms with Gasteiger partial charge in [0.25, 0.3) is 0 Å². The molecule has 4 N–H and O–H groups in total. The van der Waals surface area contributed by atoms with Gasteiger partial charge in [0.05, 0.1) is 0 Å². The van der Waals surface area contributed by atoms with E-state index in [-0.39, 0.29) is 0 Å². The first-order chi connectivity index (χ1) is 28.8. The summed E-state index contributed by atoms with van der Waals surface area (Å²) in [7, 11) is 3.01. The number of benzene rings is 2. The highest BCUT2D eigenvalue weighted by Gasteiger charge is 2.20. The van der Waals surface area contributed by atoms with Crippen molar-refractivity contribution in [3.8, 4) is 0 Å². The third-order valence-corrected chi connectivity index (χ3v) is 12.0. The molecule has 8 heteroatoms. The van der Waals surface area contributed by atoms with E-state index in [0.717, 1.165) is 62.4 Å². The minimum Gasteiger partial charge on any atom is -0.405 e. The van der Waals surface area contributed by atoms with Gasteiger partial charge in [-0.25, -0.2) is 4.31 Å². The Hall–Kier alpha value is -4.14. The predicted octanol–water partition coefficient (Wildman–Crippen LogP) is 13.4. The van der Waals surface area contributed by atoms with E-state index in [0.29, 0.717) is 17.2 Å². The number of allylic oxidation sites excluding steroid dienone is 12. The molecule has 0 heterocycles. The van der Waals surface area contributed by atoms with Crippen LogP contribution in [0.2, 0.25) is 0 Å². The van der Waals surface area contributed by atoms with Crippen LogP contribution in [0.5, 0.6) is 0 Å². The van der Waals surface area contributed by atoms with Crippen molar-refractivity contribution in [3.63, 3.8) is 0 Å². The lowest BCUT2D eigenvalue weighted by Gasteiger charge is -2.29. The summed E-state index contributed by atoms with van der Waals surface area (Å²) in [6, 6.07) is 15.8. The molecule has 0 saturated carbocycles. The minimum absolute atomic E-state index is 0.445. The van der Waals surface area contributed by atoms with Crippen molar-refractivity contribution < 1.29 is 14.7 Å². The monoisotopic (exact) mass is 837 g/mol. The quantitative estimate of drug-likeness (QED) is 0.0824. The van der Waals surface area contributed by atoms with E-state index in [1.807, 2.05) is 69.4 Å². The van der Waals surface area contributed by atoms with Gasteiger partial charge in [0.15, 0.2) is 0 Å². The van der Waals surface area contributed by atoms with Gasteiger partial charge in [-0.2, -0.15) is 0 Å². The molecule has 59 heavy (non-hydrogen) atoms. The number of rotatable bonds is 17. The Kier molecular flexibility index (Phi) is 29.3. The number of nitrogens with one attached hydrogen (secondary N) is 1. The van der Waals surface area contributed by atoms with Gasteiger partial charge >= 0.3 is 0 Å². The number of carbonyl (C=O) groups excluding carboxylic acids is 2. The summed E-state index contributed by atoms with van der Waals surface area (Å²) in [5, 5.41) is 7.00.